The molecule has 1 aromatic carbocycles. The van der Waals surface area contributed by atoms with E-state index in [2.05, 4.69) is 4.98 Å². The fraction of sp³-hybridized carbons (Fsp3) is 0.267. The van der Waals surface area contributed by atoms with Gasteiger partial charge in [-0.1, -0.05) is 12.1 Å². The summed E-state index contributed by atoms with van der Waals surface area (Å²) in [5.74, 6) is -6.13. The maximum Gasteiger partial charge on any atom is 0.311 e. The summed E-state index contributed by atoms with van der Waals surface area (Å²) in [6.45, 7) is 0.917. The molecule has 1 aliphatic heterocycles. The quantitative estimate of drug-likeness (QED) is 0.481. The highest BCUT2D eigenvalue weighted by atomic mass is 19.2. The summed E-state index contributed by atoms with van der Waals surface area (Å²) in [5.41, 5.74) is -0.490. The number of benzene rings is 1. The second-order valence-corrected chi connectivity index (χ2v) is 5.20. The third kappa shape index (κ3) is 2.84. The van der Waals surface area contributed by atoms with Crippen molar-refractivity contribution in [2.45, 2.75) is 12.8 Å². The lowest BCUT2D eigenvalue weighted by Gasteiger charge is -2.19. The van der Waals surface area contributed by atoms with E-state index in [-0.39, 0.29) is 5.82 Å². The van der Waals surface area contributed by atoms with Crippen LogP contribution in [0.15, 0.2) is 24.3 Å². The SMILES string of the molecule is O=[N+]([O-])c1ccccc1Oc1c(F)c(F)nc(N2CCCC2)c1F. The Bertz CT molecular complexity index is 795. The minimum Gasteiger partial charge on any atom is -0.444 e. The number of nitrogens with zero attached hydrogens (tertiary/aromatic N) is 3. The van der Waals surface area contributed by atoms with Crippen LogP contribution >= 0.6 is 0 Å². The van der Waals surface area contributed by atoms with E-state index in [4.69, 9.17) is 4.74 Å². The largest absolute Gasteiger partial charge is 0.444 e. The van der Waals surface area contributed by atoms with E-state index in [0.717, 1.165) is 18.9 Å². The molecule has 24 heavy (non-hydrogen) atoms. The van der Waals surface area contributed by atoms with Gasteiger partial charge in [-0.15, -0.1) is 0 Å². The first-order chi connectivity index (χ1) is 11.5. The molecule has 6 nitrogen and oxygen atoms in total. The van der Waals surface area contributed by atoms with Crippen LogP contribution in [0.2, 0.25) is 0 Å². The zero-order chi connectivity index (χ0) is 17.3. The standard InChI is InChI=1S/C15H12F3N3O3/c16-11-13(24-10-6-2-1-5-9(10)21(22)23)12(17)15(19-14(11)18)20-7-3-4-8-20/h1-2,5-6H,3-4,7-8H2. The molecule has 1 aliphatic rings. The van der Waals surface area contributed by atoms with Crippen molar-refractivity contribution in [2.24, 2.45) is 0 Å². The Balaban J connectivity index is 2.06. The van der Waals surface area contributed by atoms with E-state index in [1.165, 1.54) is 23.1 Å². The Hall–Kier alpha value is -2.84. The van der Waals surface area contributed by atoms with E-state index in [9.17, 15) is 23.3 Å². The fourth-order valence-corrected chi connectivity index (χ4v) is 2.52. The molecule has 1 saturated heterocycles. The Morgan fingerprint density at radius 1 is 1.12 bits per heavy atom. The molecule has 0 spiro atoms. The Morgan fingerprint density at radius 2 is 1.79 bits per heavy atom. The summed E-state index contributed by atoms with van der Waals surface area (Å²) in [4.78, 5) is 15.0. The molecule has 0 unspecified atom stereocenters. The first kappa shape index (κ1) is 16.0. The van der Waals surface area contributed by atoms with Crippen molar-refractivity contribution in [3.8, 4) is 11.5 Å². The molecule has 0 atom stereocenters. The first-order valence-electron chi connectivity index (χ1n) is 7.19. The highest BCUT2D eigenvalue weighted by Crippen LogP contribution is 2.37. The van der Waals surface area contributed by atoms with Gasteiger partial charge < -0.3 is 9.64 Å². The molecule has 0 radical (unpaired) electrons. The monoisotopic (exact) mass is 339 g/mol. The van der Waals surface area contributed by atoms with Gasteiger partial charge >= 0.3 is 5.69 Å². The summed E-state index contributed by atoms with van der Waals surface area (Å²) in [7, 11) is 0. The zero-order valence-corrected chi connectivity index (χ0v) is 12.3. The van der Waals surface area contributed by atoms with Crippen LogP contribution in [0, 0.1) is 27.7 Å². The molecule has 3 rings (SSSR count). The number of nitro groups is 1. The zero-order valence-electron chi connectivity index (χ0n) is 12.3. The number of halogens is 3. The number of hydrogen-bond donors (Lipinski definition) is 0. The van der Waals surface area contributed by atoms with Crippen LogP contribution in [0.25, 0.3) is 0 Å². The number of rotatable bonds is 4. The molecule has 0 amide bonds. The van der Waals surface area contributed by atoms with Crippen LogP contribution in [0.1, 0.15) is 12.8 Å². The van der Waals surface area contributed by atoms with E-state index < -0.39 is 39.7 Å². The summed E-state index contributed by atoms with van der Waals surface area (Å²) >= 11 is 0. The molecule has 0 aliphatic carbocycles. The van der Waals surface area contributed by atoms with Crippen molar-refractivity contribution < 1.29 is 22.8 Å². The number of aromatic nitrogens is 1. The predicted octanol–water partition coefficient (Wildman–Crippen LogP) is 3.80. The van der Waals surface area contributed by atoms with Crippen LogP contribution in [0.3, 0.4) is 0 Å². The Morgan fingerprint density at radius 3 is 2.46 bits per heavy atom. The van der Waals surface area contributed by atoms with Gasteiger partial charge in [0, 0.05) is 19.2 Å². The minimum atomic E-state index is -1.63. The van der Waals surface area contributed by atoms with Crippen LogP contribution in [0.4, 0.5) is 24.7 Å². The van der Waals surface area contributed by atoms with Crippen molar-refractivity contribution in [1.82, 2.24) is 4.98 Å². The number of nitro benzene ring substituents is 1. The molecule has 0 N–H and O–H groups in total. The number of pyridine rings is 1. The average Bonchev–Trinajstić information content (AvgIpc) is 3.09. The first-order valence-corrected chi connectivity index (χ1v) is 7.19. The van der Waals surface area contributed by atoms with Gasteiger partial charge in [-0.3, -0.25) is 10.1 Å². The molecule has 1 aromatic heterocycles. The molecule has 0 saturated carbocycles. The van der Waals surface area contributed by atoms with E-state index in [0.29, 0.717) is 13.1 Å². The summed E-state index contributed by atoms with van der Waals surface area (Å²) < 4.78 is 47.3. The highest BCUT2D eigenvalue weighted by Gasteiger charge is 2.28. The maximum atomic E-state index is 14.6. The van der Waals surface area contributed by atoms with Gasteiger partial charge in [0.1, 0.15) is 0 Å². The summed E-state index contributed by atoms with van der Waals surface area (Å²) in [5, 5.41) is 11.0. The third-order valence-corrected chi connectivity index (χ3v) is 3.66. The molecular formula is C15H12F3N3O3. The molecule has 9 heteroatoms. The number of anilines is 1. The molecule has 0 bridgehead atoms. The van der Waals surface area contributed by atoms with E-state index >= 15 is 0 Å². The van der Waals surface area contributed by atoms with Gasteiger partial charge in [-0.2, -0.15) is 18.2 Å². The predicted molar refractivity (Wildman–Crippen MR) is 78.7 cm³/mol. The Labute approximate surface area is 134 Å². The van der Waals surface area contributed by atoms with Crippen LogP contribution in [-0.2, 0) is 0 Å². The summed E-state index contributed by atoms with van der Waals surface area (Å²) in [6, 6.07) is 5.06. The minimum absolute atomic E-state index is 0.361. The number of ether oxygens (including phenoxy) is 1. The van der Waals surface area contributed by atoms with E-state index in [1.807, 2.05) is 0 Å². The molecule has 2 aromatic rings. The van der Waals surface area contributed by atoms with Gasteiger partial charge in [0.2, 0.25) is 23.1 Å². The molecule has 126 valence electrons. The second-order valence-electron chi connectivity index (χ2n) is 5.20. The van der Waals surface area contributed by atoms with Crippen molar-refractivity contribution in [2.75, 3.05) is 18.0 Å². The maximum absolute atomic E-state index is 14.6. The smallest absolute Gasteiger partial charge is 0.311 e. The normalized spacial score (nSPS) is 14.0. The Kier molecular flexibility index (Phi) is 4.24. The van der Waals surface area contributed by atoms with Gasteiger partial charge in [0.15, 0.2) is 5.82 Å². The van der Waals surface area contributed by atoms with E-state index in [1.54, 1.807) is 0 Å². The lowest BCUT2D eigenvalue weighted by Crippen LogP contribution is -2.22. The lowest BCUT2D eigenvalue weighted by atomic mass is 10.3. The molecule has 2 heterocycles. The van der Waals surface area contributed by atoms with Gasteiger partial charge in [0.05, 0.1) is 4.92 Å². The topological polar surface area (TPSA) is 68.5 Å². The van der Waals surface area contributed by atoms with Crippen LogP contribution in [0.5, 0.6) is 11.5 Å². The average molecular weight is 339 g/mol. The highest BCUT2D eigenvalue weighted by molar-refractivity contribution is 5.52. The van der Waals surface area contributed by atoms with Crippen LogP contribution in [-0.4, -0.2) is 23.0 Å². The van der Waals surface area contributed by atoms with Crippen molar-refractivity contribution >= 4 is 11.5 Å². The lowest BCUT2D eigenvalue weighted by molar-refractivity contribution is -0.385. The van der Waals surface area contributed by atoms with Crippen molar-refractivity contribution in [3.63, 3.8) is 0 Å². The van der Waals surface area contributed by atoms with Gasteiger partial charge in [-0.25, -0.2) is 0 Å². The van der Waals surface area contributed by atoms with Gasteiger partial charge in [-0.05, 0) is 18.9 Å². The molecular weight excluding hydrogens is 327 g/mol. The number of hydrogen-bond acceptors (Lipinski definition) is 5. The van der Waals surface area contributed by atoms with Crippen LogP contribution < -0.4 is 9.64 Å². The van der Waals surface area contributed by atoms with Crippen molar-refractivity contribution in [1.29, 1.82) is 0 Å². The van der Waals surface area contributed by atoms with Gasteiger partial charge in [0.25, 0.3) is 5.95 Å². The van der Waals surface area contributed by atoms with Crippen molar-refractivity contribution in [3.05, 3.63) is 52.0 Å². The third-order valence-electron chi connectivity index (χ3n) is 3.66. The molecule has 1 fully saturated rings. The summed E-state index contributed by atoms with van der Waals surface area (Å²) in [6.07, 6.45) is 1.56. The fourth-order valence-electron chi connectivity index (χ4n) is 2.52. The second kappa shape index (κ2) is 6.34. The number of para-hydroxylation sites is 2.